The molecule has 1 unspecified atom stereocenters. The van der Waals surface area contributed by atoms with E-state index in [2.05, 4.69) is 0 Å². The van der Waals surface area contributed by atoms with Crippen LogP contribution in [-0.2, 0) is 19.6 Å². The molecular weight excluding hydrogens is 260 g/mol. The average molecular weight is 272 g/mol. The van der Waals surface area contributed by atoms with Gasteiger partial charge in [-0.3, -0.25) is 4.55 Å². The van der Waals surface area contributed by atoms with Gasteiger partial charge in [0.15, 0.2) is 0 Å². The maximum Gasteiger partial charge on any atom is 0.338 e. The van der Waals surface area contributed by atoms with Crippen molar-refractivity contribution in [3.8, 4) is 0 Å². The van der Waals surface area contributed by atoms with Crippen molar-refractivity contribution in [2.45, 2.75) is 6.10 Å². The third-order valence-corrected chi connectivity index (χ3v) is 3.11. The molecule has 1 aromatic rings. The highest BCUT2D eigenvalue weighted by atomic mass is 32.2. The molecule has 0 saturated carbocycles. The second kappa shape index (κ2) is 5.05. The van der Waals surface area contributed by atoms with Gasteiger partial charge in [0.1, 0.15) is 18.5 Å². The van der Waals surface area contributed by atoms with E-state index in [1.54, 1.807) is 24.3 Å². The monoisotopic (exact) mass is 272 g/mol. The summed E-state index contributed by atoms with van der Waals surface area (Å²) >= 11 is 0. The predicted octanol–water partition coefficient (Wildman–Crippen LogP) is 0.802. The normalized spacial score (nSPS) is 18.4. The molecule has 1 fully saturated rings. The number of epoxide rings is 1. The van der Waals surface area contributed by atoms with Crippen LogP contribution in [0.1, 0.15) is 22.0 Å². The molecule has 0 aliphatic carbocycles. The van der Waals surface area contributed by atoms with Crippen molar-refractivity contribution in [3.05, 3.63) is 35.4 Å². The molecule has 1 aromatic carbocycles. The molecule has 0 spiro atoms. The molecule has 6 nitrogen and oxygen atoms in total. The SMILES string of the molecule is O=C(OCCS(=O)(=O)O)c1ccc(C2CO2)cc1. The van der Waals surface area contributed by atoms with Gasteiger partial charge in [-0.05, 0) is 17.7 Å². The van der Waals surface area contributed by atoms with Gasteiger partial charge in [-0.15, -0.1) is 0 Å². The molecule has 0 bridgehead atoms. The minimum Gasteiger partial charge on any atom is -0.461 e. The fourth-order valence-electron chi connectivity index (χ4n) is 1.40. The van der Waals surface area contributed by atoms with Gasteiger partial charge in [0.2, 0.25) is 0 Å². The first-order valence-corrected chi connectivity index (χ1v) is 6.90. The highest BCUT2D eigenvalue weighted by Crippen LogP contribution is 2.29. The van der Waals surface area contributed by atoms with Gasteiger partial charge >= 0.3 is 5.97 Å². The number of carbonyl (C=O) groups is 1. The lowest BCUT2D eigenvalue weighted by molar-refractivity contribution is 0.0528. The molecule has 1 N–H and O–H groups in total. The van der Waals surface area contributed by atoms with Crippen LogP contribution in [0.4, 0.5) is 0 Å². The summed E-state index contributed by atoms with van der Waals surface area (Å²) < 4.78 is 39.1. The Labute approximate surface area is 104 Å². The largest absolute Gasteiger partial charge is 0.461 e. The number of hydrogen-bond acceptors (Lipinski definition) is 5. The predicted molar refractivity (Wildman–Crippen MR) is 61.8 cm³/mol. The third-order valence-electron chi connectivity index (χ3n) is 2.43. The minimum atomic E-state index is -4.11. The third kappa shape index (κ3) is 3.80. The van der Waals surface area contributed by atoms with E-state index in [0.717, 1.165) is 5.56 Å². The molecule has 1 saturated heterocycles. The fourth-order valence-corrected chi connectivity index (χ4v) is 1.69. The van der Waals surface area contributed by atoms with E-state index < -0.39 is 21.8 Å². The lowest BCUT2D eigenvalue weighted by Crippen LogP contribution is -2.14. The summed E-state index contributed by atoms with van der Waals surface area (Å²) in [6, 6.07) is 6.70. The number of hydrogen-bond donors (Lipinski definition) is 1. The molecule has 0 radical (unpaired) electrons. The van der Waals surface area contributed by atoms with Crippen LogP contribution in [0.25, 0.3) is 0 Å². The van der Waals surface area contributed by atoms with Crippen LogP contribution in [0.15, 0.2) is 24.3 Å². The second-order valence-corrected chi connectivity index (χ2v) is 5.44. The van der Waals surface area contributed by atoms with E-state index in [1.165, 1.54) is 0 Å². The van der Waals surface area contributed by atoms with Crippen LogP contribution in [0.5, 0.6) is 0 Å². The Balaban J connectivity index is 1.88. The summed E-state index contributed by atoms with van der Waals surface area (Å²) in [6.07, 6.45) is 0.120. The number of rotatable bonds is 5. The van der Waals surface area contributed by atoms with Crippen LogP contribution in [0.3, 0.4) is 0 Å². The zero-order valence-corrected chi connectivity index (χ0v) is 10.2. The highest BCUT2D eigenvalue weighted by molar-refractivity contribution is 7.85. The first-order chi connectivity index (χ1) is 8.46. The van der Waals surface area contributed by atoms with Gasteiger partial charge in [0, 0.05) is 0 Å². The van der Waals surface area contributed by atoms with E-state index >= 15 is 0 Å². The minimum absolute atomic E-state index is 0.120. The molecule has 0 amide bonds. The lowest BCUT2D eigenvalue weighted by Gasteiger charge is -2.04. The summed E-state index contributed by atoms with van der Waals surface area (Å²) in [6.45, 7) is 0.323. The van der Waals surface area contributed by atoms with Crippen molar-refractivity contribution >= 4 is 16.1 Å². The Morgan fingerprint density at radius 2 is 2.00 bits per heavy atom. The van der Waals surface area contributed by atoms with Crippen LogP contribution in [0, 0.1) is 0 Å². The van der Waals surface area contributed by atoms with E-state index in [0.29, 0.717) is 12.2 Å². The molecule has 1 atom stereocenters. The van der Waals surface area contributed by atoms with Crippen LogP contribution in [-0.4, -0.2) is 37.9 Å². The van der Waals surface area contributed by atoms with Crippen molar-refractivity contribution in [1.82, 2.24) is 0 Å². The van der Waals surface area contributed by atoms with Crippen molar-refractivity contribution in [1.29, 1.82) is 0 Å². The quantitative estimate of drug-likeness (QED) is 0.484. The maximum absolute atomic E-state index is 11.5. The van der Waals surface area contributed by atoms with E-state index in [4.69, 9.17) is 14.0 Å². The Morgan fingerprint density at radius 3 is 2.50 bits per heavy atom. The molecule has 2 rings (SSSR count). The summed E-state index contributed by atoms with van der Waals surface area (Å²) in [5, 5.41) is 0. The Hall–Kier alpha value is -1.44. The van der Waals surface area contributed by atoms with Crippen LogP contribution >= 0.6 is 0 Å². The van der Waals surface area contributed by atoms with Crippen molar-refractivity contribution in [3.63, 3.8) is 0 Å². The molecule has 1 aliphatic rings. The summed E-state index contributed by atoms with van der Waals surface area (Å²) in [5.74, 6) is -1.23. The Morgan fingerprint density at radius 1 is 1.39 bits per heavy atom. The van der Waals surface area contributed by atoms with Crippen LogP contribution in [0.2, 0.25) is 0 Å². The highest BCUT2D eigenvalue weighted by Gasteiger charge is 2.24. The van der Waals surface area contributed by atoms with Gasteiger partial charge in [-0.2, -0.15) is 8.42 Å². The van der Waals surface area contributed by atoms with Crippen molar-refractivity contribution in [2.75, 3.05) is 19.0 Å². The summed E-state index contributed by atoms with van der Waals surface area (Å²) in [5.41, 5.74) is 1.32. The molecule has 0 aromatic heterocycles. The number of esters is 1. The number of carbonyl (C=O) groups excluding carboxylic acids is 1. The van der Waals surface area contributed by atoms with Gasteiger partial charge in [-0.25, -0.2) is 4.79 Å². The summed E-state index contributed by atoms with van der Waals surface area (Å²) in [4.78, 5) is 11.5. The van der Waals surface area contributed by atoms with Crippen molar-refractivity contribution in [2.24, 2.45) is 0 Å². The maximum atomic E-state index is 11.5. The Bertz CT molecular complexity index is 529. The number of benzene rings is 1. The first-order valence-electron chi connectivity index (χ1n) is 5.29. The topological polar surface area (TPSA) is 93.2 Å². The molecule has 7 heteroatoms. The standard InChI is InChI=1S/C11H12O6S/c12-11(16-5-6-18(13,14)15)9-3-1-8(2-4-9)10-7-17-10/h1-4,10H,5-7H2,(H,13,14,15). The van der Waals surface area contributed by atoms with Gasteiger partial charge in [-0.1, -0.05) is 12.1 Å². The Kier molecular flexibility index (Phi) is 3.65. The van der Waals surface area contributed by atoms with Gasteiger partial charge in [0.25, 0.3) is 10.1 Å². The van der Waals surface area contributed by atoms with Gasteiger partial charge in [0.05, 0.1) is 12.2 Å². The smallest absolute Gasteiger partial charge is 0.338 e. The fraction of sp³-hybridized carbons (Fsp3) is 0.364. The molecule has 1 heterocycles. The lowest BCUT2D eigenvalue weighted by atomic mass is 10.1. The first kappa shape index (κ1) is 13.0. The summed E-state index contributed by atoms with van der Waals surface area (Å²) in [7, 11) is -4.11. The molecular formula is C11H12O6S. The molecule has 18 heavy (non-hydrogen) atoms. The van der Waals surface area contributed by atoms with Gasteiger partial charge < -0.3 is 9.47 Å². The zero-order valence-electron chi connectivity index (χ0n) is 9.40. The van der Waals surface area contributed by atoms with Crippen molar-refractivity contribution < 1.29 is 27.2 Å². The average Bonchev–Trinajstić information content (AvgIpc) is 3.11. The van der Waals surface area contributed by atoms with E-state index in [-0.39, 0.29) is 12.7 Å². The molecule has 1 aliphatic heterocycles. The zero-order chi connectivity index (χ0) is 13.2. The van der Waals surface area contributed by atoms with Crippen LogP contribution < -0.4 is 0 Å². The second-order valence-electron chi connectivity index (χ2n) is 3.87. The van der Waals surface area contributed by atoms with E-state index in [1.807, 2.05) is 0 Å². The number of ether oxygens (including phenoxy) is 2. The van der Waals surface area contributed by atoms with E-state index in [9.17, 15) is 13.2 Å². The molecule has 98 valence electrons.